The van der Waals surface area contributed by atoms with E-state index >= 15 is 0 Å². The molecule has 1 aromatic carbocycles. The molecule has 1 saturated carbocycles. The van der Waals surface area contributed by atoms with Gasteiger partial charge in [-0.3, -0.25) is 9.69 Å². The second-order valence-corrected chi connectivity index (χ2v) is 8.14. The number of thioether (sulfide) groups is 1. The van der Waals surface area contributed by atoms with Gasteiger partial charge in [-0.25, -0.2) is 4.99 Å². The zero-order valence-electron chi connectivity index (χ0n) is 15.7. The van der Waals surface area contributed by atoms with Crippen molar-refractivity contribution in [3.8, 4) is 0 Å². The zero-order valence-corrected chi connectivity index (χ0v) is 16.5. The van der Waals surface area contributed by atoms with E-state index < -0.39 is 0 Å². The topological polar surface area (TPSA) is 37.6 Å². The summed E-state index contributed by atoms with van der Waals surface area (Å²) in [7, 11) is 0. The molecule has 2 aliphatic rings. The number of rotatable bonds is 5. The number of hydrogen-bond acceptors (Lipinski definition) is 3. The summed E-state index contributed by atoms with van der Waals surface area (Å²) in [4.78, 5) is 20.2. The van der Waals surface area contributed by atoms with Gasteiger partial charge in [0.2, 0.25) is 0 Å². The van der Waals surface area contributed by atoms with Gasteiger partial charge in [0, 0.05) is 25.0 Å². The van der Waals surface area contributed by atoms with Crippen LogP contribution in [0.4, 0.5) is 5.69 Å². The molecule has 1 aliphatic carbocycles. The molecule has 0 spiro atoms. The third-order valence-corrected chi connectivity index (χ3v) is 6.10. The molecular weight excluding hydrogens is 354 g/mol. The molecule has 0 radical (unpaired) electrons. The van der Waals surface area contributed by atoms with Gasteiger partial charge >= 0.3 is 0 Å². The Morgan fingerprint density at radius 2 is 1.96 bits per heavy atom. The van der Waals surface area contributed by atoms with E-state index in [1.54, 1.807) is 4.90 Å². The maximum Gasteiger partial charge on any atom is 0.266 e. The van der Waals surface area contributed by atoms with Crippen LogP contribution >= 0.6 is 11.8 Å². The van der Waals surface area contributed by atoms with Gasteiger partial charge in [-0.1, -0.05) is 38.0 Å². The number of carbonyl (C=O) groups is 1. The lowest BCUT2D eigenvalue weighted by atomic mass is 10.2. The first-order valence-corrected chi connectivity index (χ1v) is 10.6. The normalized spacial score (nSPS) is 21.1. The first kappa shape index (κ1) is 18.1. The summed E-state index contributed by atoms with van der Waals surface area (Å²) in [6, 6.07) is 12.6. The number of aromatic nitrogens is 1. The molecule has 1 saturated heterocycles. The summed E-state index contributed by atoms with van der Waals surface area (Å²) in [5.41, 5.74) is 1.97. The lowest BCUT2D eigenvalue weighted by molar-refractivity contribution is -0.122. The lowest BCUT2D eigenvalue weighted by Gasteiger charge is -2.13. The molecule has 5 heteroatoms. The van der Waals surface area contributed by atoms with Crippen molar-refractivity contribution in [3.63, 3.8) is 0 Å². The van der Waals surface area contributed by atoms with Crippen molar-refractivity contribution in [1.29, 1.82) is 0 Å². The van der Waals surface area contributed by atoms with Gasteiger partial charge in [-0.15, -0.1) is 0 Å². The predicted molar refractivity (Wildman–Crippen MR) is 113 cm³/mol. The minimum absolute atomic E-state index is 0.0603. The predicted octanol–water partition coefficient (Wildman–Crippen LogP) is 5.62. The van der Waals surface area contributed by atoms with Crippen LogP contribution in [0.5, 0.6) is 0 Å². The van der Waals surface area contributed by atoms with Gasteiger partial charge in [-0.2, -0.15) is 0 Å². The monoisotopic (exact) mass is 379 g/mol. The quantitative estimate of drug-likeness (QED) is 0.633. The molecule has 4 rings (SSSR count). The number of nitrogens with zero attached hydrogens (tertiary/aromatic N) is 3. The van der Waals surface area contributed by atoms with Crippen LogP contribution < -0.4 is 0 Å². The van der Waals surface area contributed by atoms with Crippen molar-refractivity contribution < 1.29 is 4.79 Å². The van der Waals surface area contributed by atoms with Crippen LogP contribution in [-0.2, 0) is 4.79 Å². The fraction of sp³-hybridized carbons (Fsp3) is 0.364. The number of hydrogen-bond donors (Lipinski definition) is 0. The SMILES string of the molecule is CCCN1C(=O)/C(=C\c2ccn(C3CCCC3)c2)SC1=Nc1ccccc1. The molecule has 2 fully saturated rings. The Morgan fingerprint density at radius 3 is 2.70 bits per heavy atom. The molecule has 2 aromatic rings. The van der Waals surface area contributed by atoms with Crippen LogP contribution in [0.25, 0.3) is 6.08 Å². The van der Waals surface area contributed by atoms with Gasteiger partial charge in [0.1, 0.15) is 0 Å². The minimum atomic E-state index is 0.0603. The first-order chi connectivity index (χ1) is 13.2. The molecule has 27 heavy (non-hydrogen) atoms. The van der Waals surface area contributed by atoms with Crippen LogP contribution in [0, 0.1) is 0 Å². The minimum Gasteiger partial charge on any atom is -0.351 e. The van der Waals surface area contributed by atoms with Crippen molar-refractivity contribution in [2.24, 2.45) is 4.99 Å². The van der Waals surface area contributed by atoms with E-state index in [1.807, 2.05) is 36.4 Å². The number of amidine groups is 1. The van der Waals surface area contributed by atoms with Crippen LogP contribution in [0.15, 0.2) is 58.7 Å². The van der Waals surface area contributed by atoms with E-state index in [-0.39, 0.29) is 5.91 Å². The second kappa shape index (κ2) is 8.17. The maximum absolute atomic E-state index is 12.9. The summed E-state index contributed by atoms with van der Waals surface area (Å²) in [6.45, 7) is 2.78. The third kappa shape index (κ3) is 4.03. The highest BCUT2D eigenvalue weighted by atomic mass is 32.2. The molecule has 140 valence electrons. The van der Waals surface area contributed by atoms with Crippen molar-refractivity contribution in [2.45, 2.75) is 45.1 Å². The number of carbonyl (C=O) groups excluding carboxylic acids is 1. The molecule has 0 unspecified atom stereocenters. The summed E-state index contributed by atoms with van der Waals surface area (Å²) >= 11 is 1.48. The number of aliphatic imine (C=N–C) groups is 1. The van der Waals surface area contributed by atoms with E-state index in [1.165, 1.54) is 37.4 Å². The molecule has 4 nitrogen and oxygen atoms in total. The molecular formula is C22H25N3OS. The highest BCUT2D eigenvalue weighted by Gasteiger charge is 2.32. The van der Waals surface area contributed by atoms with E-state index in [0.29, 0.717) is 12.6 Å². The second-order valence-electron chi connectivity index (χ2n) is 7.13. The Bertz CT molecular complexity index is 863. The van der Waals surface area contributed by atoms with Crippen molar-refractivity contribution in [2.75, 3.05) is 6.54 Å². The van der Waals surface area contributed by atoms with Gasteiger partial charge in [0.05, 0.1) is 10.6 Å². The third-order valence-electron chi connectivity index (χ3n) is 5.10. The fourth-order valence-corrected chi connectivity index (χ4v) is 4.75. The smallest absolute Gasteiger partial charge is 0.266 e. The Morgan fingerprint density at radius 1 is 1.19 bits per heavy atom. The van der Waals surface area contributed by atoms with E-state index in [9.17, 15) is 4.79 Å². The summed E-state index contributed by atoms with van der Waals surface area (Å²) in [5, 5.41) is 0.773. The Balaban J connectivity index is 1.58. The van der Waals surface area contributed by atoms with Crippen molar-refractivity contribution in [1.82, 2.24) is 9.47 Å². The van der Waals surface area contributed by atoms with E-state index in [4.69, 9.17) is 4.99 Å². The van der Waals surface area contributed by atoms with Crippen LogP contribution in [0.2, 0.25) is 0 Å². The zero-order chi connectivity index (χ0) is 18.6. The molecule has 1 amide bonds. The molecule has 0 atom stereocenters. The van der Waals surface area contributed by atoms with Gasteiger partial charge in [0.25, 0.3) is 5.91 Å². The van der Waals surface area contributed by atoms with Gasteiger partial charge < -0.3 is 4.57 Å². The molecule has 1 aliphatic heterocycles. The number of para-hydroxylation sites is 1. The summed E-state index contributed by atoms with van der Waals surface area (Å²) in [6.07, 6.45) is 12.4. The van der Waals surface area contributed by atoms with E-state index in [0.717, 1.165) is 27.7 Å². The average molecular weight is 380 g/mol. The number of amides is 1. The fourth-order valence-electron chi connectivity index (χ4n) is 3.72. The Kier molecular flexibility index (Phi) is 5.48. The maximum atomic E-state index is 12.9. The van der Waals surface area contributed by atoms with Crippen molar-refractivity contribution >= 4 is 34.6 Å². The largest absolute Gasteiger partial charge is 0.351 e. The standard InChI is InChI=1S/C22H25N3OS/c1-2-13-25-21(26)20(27-22(25)23-18-8-4-3-5-9-18)15-17-12-14-24(16-17)19-10-6-7-11-19/h3-5,8-9,12,14-16,19H,2,6-7,10-11,13H2,1H3/b20-15+,23-22?. The highest BCUT2D eigenvalue weighted by Crippen LogP contribution is 2.35. The Hall–Kier alpha value is -2.27. The molecule has 0 N–H and O–H groups in total. The van der Waals surface area contributed by atoms with Crippen LogP contribution in [0.3, 0.4) is 0 Å². The highest BCUT2D eigenvalue weighted by molar-refractivity contribution is 8.18. The lowest BCUT2D eigenvalue weighted by Crippen LogP contribution is -2.29. The van der Waals surface area contributed by atoms with Gasteiger partial charge in [0.15, 0.2) is 5.17 Å². The van der Waals surface area contributed by atoms with Crippen LogP contribution in [0.1, 0.15) is 50.6 Å². The summed E-state index contributed by atoms with van der Waals surface area (Å²) in [5.74, 6) is 0.0603. The molecule has 0 bridgehead atoms. The summed E-state index contributed by atoms with van der Waals surface area (Å²) < 4.78 is 2.31. The molecule has 2 heterocycles. The first-order valence-electron chi connectivity index (χ1n) is 9.77. The molecule has 1 aromatic heterocycles. The average Bonchev–Trinajstić information content (AvgIpc) is 3.41. The van der Waals surface area contributed by atoms with Crippen LogP contribution in [-0.4, -0.2) is 27.1 Å². The van der Waals surface area contributed by atoms with Crippen molar-refractivity contribution in [3.05, 3.63) is 59.3 Å². The Labute approximate surface area is 165 Å². The van der Waals surface area contributed by atoms with E-state index in [2.05, 4.69) is 30.0 Å². The number of benzene rings is 1. The van der Waals surface area contributed by atoms with Gasteiger partial charge in [-0.05, 0) is 60.9 Å².